The zero-order valence-corrected chi connectivity index (χ0v) is 20.0. The van der Waals surface area contributed by atoms with Crippen molar-refractivity contribution < 1.29 is 14.3 Å². The van der Waals surface area contributed by atoms with Crippen molar-refractivity contribution in [2.75, 3.05) is 37.4 Å². The molecule has 1 aliphatic heterocycles. The van der Waals surface area contributed by atoms with E-state index in [1.165, 1.54) is 4.88 Å². The van der Waals surface area contributed by atoms with Crippen LogP contribution in [-0.4, -0.2) is 43.5 Å². The van der Waals surface area contributed by atoms with Crippen LogP contribution in [0, 0.1) is 11.8 Å². The lowest BCUT2D eigenvalue weighted by molar-refractivity contribution is -0.117. The van der Waals surface area contributed by atoms with Crippen molar-refractivity contribution in [3.05, 3.63) is 40.3 Å². The normalized spacial score (nSPS) is 19.3. The van der Waals surface area contributed by atoms with Gasteiger partial charge in [-0.2, -0.15) is 0 Å². The number of methoxy groups -OCH3 is 1. The van der Waals surface area contributed by atoms with Crippen LogP contribution in [0.5, 0.6) is 5.75 Å². The molecule has 172 valence electrons. The molecule has 0 saturated carbocycles. The lowest BCUT2D eigenvalue weighted by Gasteiger charge is -2.29. The van der Waals surface area contributed by atoms with Gasteiger partial charge in [0.2, 0.25) is 5.91 Å². The molecule has 6 nitrogen and oxygen atoms in total. The number of amides is 2. The van der Waals surface area contributed by atoms with Gasteiger partial charge in [-0.05, 0) is 74.7 Å². The van der Waals surface area contributed by atoms with Crippen LogP contribution >= 0.6 is 11.3 Å². The summed E-state index contributed by atoms with van der Waals surface area (Å²) in [5.41, 5.74) is 2.33. The minimum Gasteiger partial charge on any atom is -0.495 e. The number of piperidine rings is 1. The highest BCUT2D eigenvalue weighted by molar-refractivity contribution is 7.17. The van der Waals surface area contributed by atoms with Gasteiger partial charge in [0.1, 0.15) is 10.8 Å². The zero-order chi connectivity index (χ0) is 22.7. The highest BCUT2D eigenvalue weighted by atomic mass is 32.1. The third-order valence-corrected chi connectivity index (χ3v) is 7.76. The molecule has 32 heavy (non-hydrogen) atoms. The summed E-state index contributed by atoms with van der Waals surface area (Å²) in [4.78, 5) is 29.7. The monoisotopic (exact) mass is 455 g/mol. The van der Waals surface area contributed by atoms with Crippen molar-refractivity contribution in [3.8, 4) is 5.75 Å². The number of carbonyl (C=O) groups is 2. The largest absolute Gasteiger partial charge is 0.495 e. The molecule has 4 rings (SSSR count). The number of nitrogens with zero attached hydrogens (tertiary/aromatic N) is 1. The van der Waals surface area contributed by atoms with Gasteiger partial charge in [0.05, 0.1) is 24.9 Å². The van der Waals surface area contributed by atoms with E-state index in [2.05, 4.69) is 29.4 Å². The van der Waals surface area contributed by atoms with Crippen LogP contribution in [0.4, 0.5) is 10.7 Å². The molecule has 1 fully saturated rings. The van der Waals surface area contributed by atoms with E-state index >= 15 is 0 Å². The van der Waals surface area contributed by atoms with E-state index in [0.717, 1.165) is 56.7 Å². The molecule has 1 aromatic heterocycles. The van der Waals surface area contributed by atoms with Gasteiger partial charge in [0.15, 0.2) is 0 Å². The Kier molecular flexibility index (Phi) is 7.16. The molecule has 1 aliphatic carbocycles. The van der Waals surface area contributed by atoms with Crippen LogP contribution < -0.4 is 15.4 Å². The minimum absolute atomic E-state index is 0.0439. The highest BCUT2D eigenvalue weighted by Crippen LogP contribution is 2.40. The van der Waals surface area contributed by atoms with Crippen molar-refractivity contribution in [1.82, 2.24) is 4.90 Å². The Morgan fingerprint density at radius 2 is 1.84 bits per heavy atom. The van der Waals surface area contributed by atoms with Crippen molar-refractivity contribution in [2.24, 2.45) is 11.8 Å². The van der Waals surface area contributed by atoms with E-state index in [0.29, 0.717) is 34.5 Å². The molecule has 0 unspecified atom stereocenters. The van der Waals surface area contributed by atoms with Crippen molar-refractivity contribution in [3.63, 3.8) is 0 Å². The molecule has 2 aliphatic rings. The summed E-state index contributed by atoms with van der Waals surface area (Å²) in [6, 6.07) is 7.39. The van der Waals surface area contributed by atoms with E-state index in [9.17, 15) is 9.59 Å². The van der Waals surface area contributed by atoms with E-state index in [1.807, 2.05) is 24.3 Å². The third kappa shape index (κ3) is 5.15. The first-order chi connectivity index (χ1) is 15.4. The first kappa shape index (κ1) is 22.8. The van der Waals surface area contributed by atoms with Gasteiger partial charge >= 0.3 is 0 Å². The summed E-state index contributed by atoms with van der Waals surface area (Å²) < 4.78 is 5.39. The fourth-order valence-corrected chi connectivity index (χ4v) is 6.03. The Labute approximate surface area is 194 Å². The number of likely N-dealkylation sites (tertiary alicyclic amines) is 1. The first-order valence-electron chi connectivity index (χ1n) is 11.6. The number of carbonyl (C=O) groups excluding carboxylic acids is 2. The number of para-hydroxylation sites is 2. The smallest absolute Gasteiger partial charge is 0.259 e. The average Bonchev–Trinajstić information content (AvgIpc) is 3.12. The van der Waals surface area contributed by atoms with E-state index in [4.69, 9.17) is 4.74 Å². The van der Waals surface area contributed by atoms with Crippen molar-refractivity contribution in [1.29, 1.82) is 0 Å². The highest BCUT2D eigenvalue weighted by Gasteiger charge is 2.29. The summed E-state index contributed by atoms with van der Waals surface area (Å²) >= 11 is 1.56. The van der Waals surface area contributed by atoms with E-state index in [1.54, 1.807) is 18.4 Å². The molecule has 7 heteroatoms. The van der Waals surface area contributed by atoms with Crippen LogP contribution in [0.15, 0.2) is 24.3 Å². The number of hydrogen-bond donors (Lipinski definition) is 2. The number of nitrogens with one attached hydrogen (secondary N) is 2. The van der Waals surface area contributed by atoms with Gasteiger partial charge < -0.3 is 15.4 Å². The molecule has 1 aromatic carbocycles. The molecule has 2 aromatic rings. The SMILES string of the molecule is COc1ccccc1NC(=O)c1c(NC(=O)CN2CCC(C)CC2)sc2c1CC[C@@H](C)C2. The quantitative estimate of drug-likeness (QED) is 0.656. The Hall–Kier alpha value is -2.38. The standard InChI is InChI=1S/C25H33N3O3S/c1-16-10-12-28(13-11-16)15-22(29)27-25-23(18-9-8-17(2)14-21(18)32-25)24(30)26-19-6-4-5-7-20(19)31-3/h4-7,16-17H,8-15H2,1-3H3,(H,26,30)(H,27,29)/t17-/m1/s1. The zero-order valence-electron chi connectivity index (χ0n) is 19.2. The topological polar surface area (TPSA) is 70.7 Å². The van der Waals surface area contributed by atoms with Crippen LogP contribution in [-0.2, 0) is 17.6 Å². The van der Waals surface area contributed by atoms with Gasteiger partial charge in [-0.15, -0.1) is 11.3 Å². The maximum absolute atomic E-state index is 13.4. The second kappa shape index (κ2) is 10.0. The summed E-state index contributed by atoms with van der Waals surface area (Å²) in [5, 5.41) is 6.76. The Balaban J connectivity index is 1.55. The first-order valence-corrected chi connectivity index (χ1v) is 12.4. The molecular weight excluding hydrogens is 422 g/mol. The van der Waals surface area contributed by atoms with E-state index in [-0.39, 0.29) is 11.8 Å². The number of hydrogen-bond acceptors (Lipinski definition) is 5. The lowest BCUT2D eigenvalue weighted by atomic mass is 9.88. The maximum atomic E-state index is 13.4. The molecule has 2 N–H and O–H groups in total. The van der Waals surface area contributed by atoms with Crippen molar-refractivity contribution >= 4 is 33.8 Å². The molecular formula is C25H33N3O3S. The fourth-order valence-electron chi connectivity index (χ4n) is 4.60. The number of fused-ring (bicyclic) bond motifs is 1. The number of ether oxygens (including phenoxy) is 1. The van der Waals surface area contributed by atoms with Gasteiger partial charge in [-0.1, -0.05) is 26.0 Å². The van der Waals surface area contributed by atoms with Gasteiger partial charge in [-0.25, -0.2) is 0 Å². The predicted molar refractivity (Wildman–Crippen MR) is 130 cm³/mol. The molecule has 1 saturated heterocycles. The average molecular weight is 456 g/mol. The number of benzene rings is 1. The Morgan fingerprint density at radius 1 is 1.09 bits per heavy atom. The van der Waals surface area contributed by atoms with Crippen molar-refractivity contribution in [2.45, 2.75) is 46.0 Å². The molecule has 1 atom stereocenters. The number of anilines is 2. The number of thiophene rings is 1. The third-order valence-electron chi connectivity index (χ3n) is 6.59. The van der Waals surface area contributed by atoms with Crippen LogP contribution in [0.25, 0.3) is 0 Å². The minimum atomic E-state index is -0.191. The Morgan fingerprint density at radius 3 is 2.59 bits per heavy atom. The van der Waals surface area contributed by atoms with Crippen LogP contribution in [0.1, 0.15) is 53.9 Å². The molecule has 0 bridgehead atoms. The molecule has 0 spiro atoms. The molecule has 2 heterocycles. The van der Waals surface area contributed by atoms with Crippen LogP contribution in [0.3, 0.4) is 0 Å². The molecule has 0 radical (unpaired) electrons. The summed E-state index contributed by atoms with van der Waals surface area (Å²) in [7, 11) is 1.59. The summed E-state index contributed by atoms with van der Waals surface area (Å²) in [6.07, 6.45) is 5.13. The summed E-state index contributed by atoms with van der Waals surface area (Å²) in [6.45, 7) is 6.79. The van der Waals surface area contributed by atoms with Gasteiger partial charge in [0.25, 0.3) is 5.91 Å². The van der Waals surface area contributed by atoms with Gasteiger partial charge in [0, 0.05) is 4.88 Å². The lowest BCUT2D eigenvalue weighted by Crippen LogP contribution is -2.38. The van der Waals surface area contributed by atoms with Gasteiger partial charge in [-0.3, -0.25) is 14.5 Å². The fraction of sp³-hybridized carbons (Fsp3) is 0.520. The second-order valence-electron chi connectivity index (χ2n) is 9.22. The van der Waals surface area contributed by atoms with E-state index < -0.39 is 0 Å². The molecule has 2 amide bonds. The second-order valence-corrected chi connectivity index (χ2v) is 10.3. The maximum Gasteiger partial charge on any atom is 0.259 e. The predicted octanol–water partition coefficient (Wildman–Crippen LogP) is 4.80. The Bertz CT molecular complexity index is 979. The van der Waals surface area contributed by atoms with Crippen LogP contribution in [0.2, 0.25) is 0 Å². The summed E-state index contributed by atoms with van der Waals surface area (Å²) in [5.74, 6) is 1.69. The number of rotatable bonds is 6.